The Hall–Kier alpha value is -1.22. The second-order valence-corrected chi connectivity index (χ2v) is 3.12. The number of methoxy groups -OCH3 is 1. The molecule has 0 bridgehead atoms. The lowest BCUT2D eigenvalue weighted by molar-refractivity contribution is 0.0899. The van der Waals surface area contributed by atoms with Crippen molar-refractivity contribution in [3.8, 4) is 11.5 Å². The summed E-state index contributed by atoms with van der Waals surface area (Å²) >= 11 is 0. The molecule has 0 radical (unpaired) electrons. The van der Waals surface area contributed by atoms with Crippen molar-refractivity contribution in [2.45, 2.75) is 12.5 Å². The van der Waals surface area contributed by atoms with E-state index < -0.39 is 0 Å². The number of aliphatic hydroxyl groups excluding tert-OH is 1. The van der Waals surface area contributed by atoms with Gasteiger partial charge in [0, 0.05) is 12.0 Å². The van der Waals surface area contributed by atoms with E-state index in [0.717, 1.165) is 17.1 Å². The molecule has 1 heterocycles. The first-order valence-electron chi connectivity index (χ1n) is 4.28. The van der Waals surface area contributed by atoms with Crippen molar-refractivity contribution in [3.05, 3.63) is 23.8 Å². The lowest BCUT2D eigenvalue weighted by Crippen LogP contribution is -2.25. The number of hydrogen-bond acceptors (Lipinski definition) is 3. The Morgan fingerprint density at radius 3 is 3.15 bits per heavy atom. The monoisotopic (exact) mass is 180 g/mol. The van der Waals surface area contributed by atoms with Crippen molar-refractivity contribution < 1.29 is 14.6 Å². The molecule has 3 nitrogen and oxygen atoms in total. The fourth-order valence-corrected chi connectivity index (χ4v) is 1.54. The maximum Gasteiger partial charge on any atom is 0.164 e. The molecular weight excluding hydrogens is 168 g/mol. The predicted octanol–water partition coefficient (Wildman–Crippen LogP) is 0.991. The number of aliphatic hydroxyl groups is 1. The van der Waals surface area contributed by atoms with Gasteiger partial charge >= 0.3 is 0 Å². The summed E-state index contributed by atoms with van der Waals surface area (Å²) in [4.78, 5) is 0. The van der Waals surface area contributed by atoms with Crippen molar-refractivity contribution in [2.75, 3.05) is 13.7 Å². The molecule has 3 heteroatoms. The Kier molecular flexibility index (Phi) is 2.10. The molecule has 0 amide bonds. The van der Waals surface area contributed by atoms with Crippen LogP contribution in [0, 0.1) is 0 Å². The highest BCUT2D eigenvalue weighted by Gasteiger charge is 2.20. The predicted molar refractivity (Wildman–Crippen MR) is 48.2 cm³/mol. The largest absolute Gasteiger partial charge is 0.493 e. The maximum atomic E-state index is 9.35. The van der Waals surface area contributed by atoms with Crippen molar-refractivity contribution in [1.29, 1.82) is 0 Å². The number of para-hydroxylation sites is 1. The van der Waals surface area contributed by atoms with Crippen LogP contribution in [-0.4, -0.2) is 24.9 Å². The molecule has 2 rings (SSSR count). The summed E-state index contributed by atoms with van der Waals surface area (Å²) in [6.45, 7) is 0.355. The van der Waals surface area contributed by atoms with E-state index in [0.29, 0.717) is 13.0 Å². The second kappa shape index (κ2) is 3.26. The molecule has 1 N–H and O–H groups in total. The van der Waals surface area contributed by atoms with Gasteiger partial charge in [0.1, 0.15) is 6.61 Å². The van der Waals surface area contributed by atoms with Gasteiger partial charge in [-0.15, -0.1) is 0 Å². The Labute approximate surface area is 76.9 Å². The maximum absolute atomic E-state index is 9.35. The van der Waals surface area contributed by atoms with E-state index >= 15 is 0 Å². The van der Waals surface area contributed by atoms with Gasteiger partial charge in [-0.2, -0.15) is 0 Å². The van der Waals surface area contributed by atoms with Crippen LogP contribution in [-0.2, 0) is 6.42 Å². The Balaban J connectivity index is 2.39. The number of fused-ring (bicyclic) bond motifs is 1. The second-order valence-electron chi connectivity index (χ2n) is 3.12. The van der Waals surface area contributed by atoms with Crippen LogP contribution in [0.5, 0.6) is 11.5 Å². The van der Waals surface area contributed by atoms with E-state index in [2.05, 4.69) is 0 Å². The number of hydrogen-bond donors (Lipinski definition) is 1. The zero-order valence-electron chi connectivity index (χ0n) is 7.49. The fourth-order valence-electron chi connectivity index (χ4n) is 1.54. The van der Waals surface area contributed by atoms with Gasteiger partial charge in [-0.25, -0.2) is 0 Å². The summed E-state index contributed by atoms with van der Waals surface area (Å²) in [7, 11) is 1.62. The Morgan fingerprint density at radius 1 is 1.54 bits per heavy atom. The van der Waals surface area contributed by atoms with Crippen LogP contribution in [0.15, 0.2) is 18.2 Å². The molecule has 1 aliphatic heterocycles. The number of rotatable bonds is 1. The molecule has 0 aliphatic carbocycles. The first kappa shape index (κ1) is 8.38. The van der Waals surface area contributed by atoms with Crippen LogP contribution in [0.2, 0.25) is 0 Å². The van der Waals surface area contributed by atoms with Crippen LogP contribution >= 0.6 is 0 Å². The normalized spacial score (nSPS) is 20.3. The minimum atomic E-state index is -0.389. The third-order valence-corrected chi connectivity index (χ3v) is 2.16. The molecular formula is C10H12O3. The SMILES string of the molecule is COc1cccc2c1OCC(O)C2. The molecule has 0 aromatic heterocycles. The summed E-state index contributed by atoms with van der Waals surface area (Å²) in [5.74, 6) is 1.51. The zero-order valence-corrected chi connectivity index (χ0v) is 7.49. The third-order valence-electron chi connectivity index (χ3n) is 2.16. The fraction of sp³-hybridized carbons (Fsp3) is 0.400. The smallest absolute Gasteiger partial charge is 0.164 e. The van der Waals surface area contributed by atoms with E-state index in [-0.39, 0.29) is 6.10 Å². The molecule has 1 aliphatic rings. The molecule has 1 unspecified atom stereocenters. The zero-order chi connectivity index (χ0) is 9.26. The van der Waals surface area contributed by atoms with Gasteiger partial charge in [-0.05, 0) is 6.07 Å². The van der Waals surface area contributed by atoms with E-state index in [1.807, 2.05) is 18.2 Å². The van der Waals surface area contributed by atoms with Gasteiger partial charge in [0.25, 0.3) is 0 Å². The highest BCUT2D eigenvalue weighted by Crippen LogP contribution is 2.34. The van der Waals surface area contributed by atoms with Crippen LogP contribution in [0.25, 0.3) is 0 Å². The van der Waals surface area contributed by atoms with E-state index in [1.54, 1.807) is 7.11 Å². The highest BCUT2D eigenvalue weighted by atomic mass is 16.5. The van der Waals surface area contributed by atoms with Crippen LogP contribution in [0.1, 0.15) is 5.56 Å². The topological polar surface area (TPSA) is 38.7 Å². The standard InChI is InChI=1S/C10H12O3/c1-12-9-4-2-3-7-5-8(11)6-13-10(7)9/h2-4,8,11H,5-6H2,1H3. The van der Waals surface area contributed by atoms with Crippen molar-refractivity contribution >= 4 is 0 Å². The Morgan fingerprint density at radius 2 is 2.38 bits per heavy atom. The van der Waals surface area contributed by atoms with Gasteiger partial charge in [-0.1, -0.05) is 12.1 Å². The van der Waals surface area contributed by atoms with Crippen LogP contribution < -0.4 is 9.47 Å². The molecule has 0 fully saturated rings. The van der Waals surface area contributed by atoms with Gasteiger partial charge in [0.15, 0.2) is 11.5 Å². The summed E-state index contributed by atoms with van der Waals surface area (Å²) in [5.41, 5.74) is 1.01. The molecule has 1 aromatic carbocycles. The van der Waals surface area contributed by atoms with E-state index in [9.17, 15) is 5.11 Å². The minimum Gasteiger partial charge on any atom is -0.493 e. The highest BCUT2D eigenvalue weighted by molar-refractivity contribution is 5.47. The van der Waals surface area contributed by atoms with Gasteiger partial charge < -0.3 is 14.6 Å². The summed E-state index contributed by atoms with van der Waals surface area (Å²) < 4.78 is 10.5. The van der Waals surface area contributed by atoms with Crippen LogP contribution in [0.3, 0.4) is 0 Å². The molecule has 0 saturated heterocycles. The minimum absolute atomic E-state index is 0.355. The molecule has 70 valence electrons. The van der Waals surface area contributed by atoms with E-state index in [4.69, 9.17) is 9.47 Å². The van der Waals surface area contributed by atoms with Gasteiger partial charge in [0.2, 0.25) is 0 Å². The van der Waals surface area contributed by atoms with Gasteiger partial charge in [0.05, 0.1) is 13.2 Å². The lowest BCUT2D eigenvalue weighted by Gasteiger charge is -2.22. The van der Waals surface area contributed by atoms with Gasteiger partial charge in [-0.3, -0.25) is 0 Å². The summed E-state index contributed by atoms with van der Waals surface area (Å²) in [6, 6.07) is 5.70. The molecule has 0 saturated carbocycles. The first-order chi connectivity index (χ1) is 6.31. The van der Waals surface area contributed by atoms with Crippen LogP contribution in [0.4, 0.5) is 0 Å². The number of benzene rings is 1. The number of ether oxygens (including phenoxy) is 2. The third kappa shape index (κ3) is 1.47. The van der Waals surface area contributed by atoms with E-state index in [1.165, 1.54) is 0 Å². The molecule has 1 aromatic rings. The summed E-state index contributed by atoms with van der Waals surface area (Å²) in [6.07, 6.45) is 0.256. The van der Waals surface area contributed by atoms with Crippen molar-refractivity contribution in [3.63, 3.8) is 0 Å². The average molecular weight is 180 g/mol. The van der Waals surface area contributed by atoms with Crippen molar-refractivity contribution in [1.82, 2.24) is 0 Å². The first-order valence-corrected chi connectivity index (χ1v) is 4.28. The molecule has 0 spiro atoms. The summed E-state index contributed by atoms with van der Waals surface area (Å²) in [5, 5.41) is 9.35. The molecule has 1 atom stereocenters. The van der Waals surface area contributed by atoms with Crippen molar-refractivity contribution in [2.24, 2.45) is 0 Å². The Bertz CT molecular complexity index is 309. The average Bonchev–Trinajstić information content (AvgIpc) is 2.16. The lowest BCUT2D eigenvalue weighted by atomic mass is 10.0. The molecule has 13 heavy (non-hydrogen) atoms. The quantitative estimate of drug-likeness (QED) is 0.700.